The van der Waals surface area contributed by atoms with Crippen LogP contribution >= 0.6 is 0 Å². The number of amides is 2. The van der Waals surface area contributed by atoms with Crippen LogP contribution < -0.4 is 10.6 Å². The van der Waals surface area contributed by atoms with Gasteiger partial charge in [-0.1, -0.05) is 415 Å². The van der Waals surface area contributed by atoms with E-state index in [2.05, 4.69) is 75.8 Å². The topological polar surface area (TPSA) is 170 Å². The molecule has 2 amide bonds. The van der Waals surface area contributed by atoms with Crippen LogP contribution in [0.3, 0.4) is 0 Å². The molecule has 14 nitrogen and oxygen atoms in total. The van der Waals surface area contributed by atoms with E-state index >= 15 is 0 Å². The summed E-state index contributed by atoms with van der Waals surface area (Å²) in [6.07, 6.45) is 89.1. The smallest absolute Gasteiger partial charge is 0.308 e. The maximum Gasteiger partial charge on any atom is 0.308 e. The first kappa shape index (κ1) is 118. The normalized spacial score (nSPS) is 11.8. The molecular formula is C107H208N4O10. The van der Waals surface area contributed by atoms with Gasteiger partial charge in [-0.2, -0.15) is 0 Å². The summed E-state index contributed by atoms with van der Waals surface area (Å²) in [5, 5.41) is 6.22. The molecule has 0 aromatic heterocycles. The first-order chi connectivity index (χ1) is 59.4. The molecule has 0 radical (unpaired) electrons. The van der Waals surface area contributed by atoms with E-state index in [1.54, 1.807) is 0 Å². The summed E-state index contributed by atoms with van der Waals surface area (Å²) < 4.78 is 24.3. The first-order valence-electron chi connectivity index (χ1n) is 54.1. The molecule has 0 atom stereocenters. The lowest BCUT2D eigenvalue weighted by molar-refractivity contribution is -0.151. The molecule has 0 fully saturated rings. The van der Waals surface area contributed by atoms with E-state index in [1.807, 2.05) is 0 Å². The Balaban J connectivity index is 5.85. The number of nitrogens with one attached hydrogen (secondary N) is 2. The van der Waals surface area contributed by atoms with Gasteiger partial charge in [0.15, 0.2) is 0 Å². The monoisotopic (exact) mass is 1710 g/mol. The van der Waals surface area contributed by atoms with E-state index in [1.165, 1.54) is 257 Å². The van der Waals surface area contributed by atoms with Crippen LogP contribution in [0.4, 0.5) is 0 Å². The molecule has 0 saturated heterocycles. The number of nitrogens with zero attached hydrogens (tertiary/aromatic N) is 2. The van der Waals surface area contributed by atoms with Gasteiger partial charge in [0.05, 0.1) is 25.0 Å². The highest BCUT2D eigenvalue weighted by Crippen LogP contribution is 2.26. The average molecular weight is 1710 g/mol. The lowest BCUT2D eigenvalue weighted by Crippen LogP contribution is -2.40. The van der Waals surface area contributed by atoms with Crippen molar-refractivity contribution in [2.45, 2.75) is 575 Å². The zero-order valence-corrected chi connectivity index (χ0v) is 82.2. The number of hydrogen-bond donors (Lipinski definition) is 2. The fraction of sp³-hybridized carbons (Fsp3) is 0.944. The molecular weight excluding hydrogens is 1500 g/mol. The summed E-state index contributed by atoms with van der Waals surface area (Å²) in [7, 11) is 0. The maximum atomic E-state index is 13.5. The number of carbonyl (C=O) groups is 6. The Bertz CT molecular complexity index is 1990. The minimum absolute atomic E-state index is 0.0183. The van der Waals surface area contributed by atoms with E-state index in [0.717, 1.165) is 270 Å². The van der Waals surface area contributed by atoms with Crippen LogP contribution in [-0.4, -0.2) is 123 Å². The van der Waals surface area contributed by atoms with Crippen LogP contribution in [0.5, 0.6) is 0 Å². The van der Waals surface area contributed by atoms with Crippen molar-refractivity contribution < 1.29 is 47.7 Å². The van der Waals surface area contributed by atoms with Crippen LogP contribution in [0.25, 0.3) is 0 Å². The number of rotatable bonds is 100. The van der Waals surface area contributed by atoms with Crippen LogP contribution in [0.2, 0.25) is 0 Å². The molecule has 716 valence electrons. The largest absolute Gasteiger partial charge is 0.465 e. The Morgan fingerprint density at radius 3 is 0.661 bits per heavy atom. The van der Waals surface area contributed by atoms with Crippen molar-refractivity contribution in [3.05, 3.63) is 0 Å². The van der Waals surface area contributed by atoms with Gasteiger partial charge in [0.25, 0.3) is 0 Å². The van der Waals surface area contributed by atoms with E-state index < -0.39 is 0 Å². The lowest BCUT2D eigenvalue weighted by atomic mass is 9.94. The molecule has 0 aliphatic rings. The number of ether oxygens (including phenoxy) is 4. The van der Waals surface area contributed by atoms with Crippen molar-refractivity contribution in [2.24, 2.45) is 11.8 Å². The predicted molar refractivity (Wildman–Crippen MR) is 518 cm³/mol. The highest BCUT2D eigenvalue weighted by molar-refractivity contribution is 5.96. The summed E-state index contributed by atoms with van der Waals surface area (Å²) >= 11 is 0. The molecule has 0 aliphatic heterocycles. The molecule has 0 bridgehead atoms. The third kappa shape index (κ3) is 84.7. The molecule has 14 heteroatoms. The van der Waals surface area contributed by atoms with Crippen molar-refractivity contribution in [3.8, 4) is 0 Å². The predicted octanol–water partition coefficient (Wildman–Crippen LogP) is 30.9. The summed E-state index contributed by atoms with van der Waals surface area (Å²) in [6, 6.07) is 0. The molecule has 121 heavy (non-hydrogen) atoms. The summed E-state index contributed by atoms with van der Waals surface area (Å²) in [5.41, 5.74) is 0. The summed E-state index contributed by atoms with van der Waals surface area (Å²) in [5.74, 6) is -0.399. The van der Waals surface area contributed by atoms with E-state index in [0.29, 0.717) is 39.1 Å². The molecule has 2 N–H and O–H groups in total. The zero-order chi connectivity index (χ0) is 88.1. The number of hydrogen-bond acceptors (Lipinski definition) is 12. The van der Waals surface area contributed by atoms with Gasteiger partial charge in [0.1, 0.15) is 18.6 Å². The van der Waals surface area contributed by atoms with E-state index in [4.69, 9.17) is 18.9 Å². The van der Waals surface area contributed by atoms with Gasteiger partial charge in [-0.05, 0) is 155 Å². The molecule has 0 heterocycles. The molecule has 0 aromatic carbocycles. The summed E-state index contributed by atoms with van der Waals surface area (Å²) in [4.78, 5) is 85.3. The Morgan fingerprint density at radius 2 is 0.421 bits per heavy atom. The average Bonchev–Trinajstić information content (AvgIpc) is 0.942. The van der Waals surface area contributed by atoms with E-state index in [9.17, 15) is 28.8 Å². The van der Waals surface area contributed by atoms with Crippen LogP contribution in [-0.2, 0) is 47.7 Å². The quantitative estimate of drug-likeness (QED) is 0.0256. The lowest BCUT2D eigenvalue weighted by Gasteiger charge is -2.23. The van der Waals surface area contributed by atoms with Crippen molar-refractivity contribution in [1.29, 1.82) is 0 Å². The van der Waals surface area contributed by atoms with Gasteiger partial charge < -0.3 is 39.4 Å². The fourth-order valence-electron chi connectivity index (χ4n) is 17.5. The standard InChI is InChI=1S/C107H208N4O10/c1-9-17-25-33-45-61-77-98(78-62-46-34-26-18-10-2)106(116)118-95-75-59-43-57-73-91-110(89-71-55-41-53-69-85-104(114)120-100(81-65-49-37-29-21-13-5)82-66-50-38-30-22-14-6)93-87-108-102(112)97-103(113)109-88-94-111(90-72-56-42-54-70-86-105(115)121-101(83-67-51-39-31-23-15-7)84-68-52-40-32-24-16-8)92-74-58-44-60-76-96-119-107(117)99(79-63-47-35-27-19-11-3)80-64-48-36-28-20-12-4/h98-101H,9-97H2,1-8H3,(H,108,112)(H,109,113). The molecule has 0 saturated carbocycles. The zero-order valence-electron chi connectivity index (χ0n) is 82.2. The second kappa shape index (κ2) is 95.8. The van der Waals surface area contributed by atoms with Gasteiger partial charge in [-0.25, -0.2) is 0 Å². The van der Waals surface area contributed by atoms with Crippen molar-refractivity contribution in [3.63, 3.8) is 0 Å². The molecule has 0 aliphatic carbocycles. The van der Waals surface area contributed by atoms with Crippen LogP contribution in [0.15, 0.2) is 0 Å². The SMILES string of the molecule is CCCCCCCCC(CCCCCCCC)OC(=O)CCCCCCCN(CCCCCCCOC(=O)C(CCCCCCCC)CCCCCCCC)CCNC(=O)CC(=O)NCCN(CCCCCCCOC(=O)C(CCCCCCCC)CCCCCCCC)CCCCCCCC(=O)OC(CCCCCCCC)CCCCCCCC. The van der Waals surface area contributed by atoms with Gasteiger partial charge >= 0.3 is 23.9 Å². The van der Waals surface area contributed by atoms with Gasteiger partial charge in [-0.15, -0.1) is 0 Å². The second-order valence-corrected chi connectivity index (χ2v) is 37.5. The fourth-order valence-corrected chi connectivity index (χ4v) is 17.5. The van der Waals surface area contributed by atoms with Gasteiger partial charge in [0, 0.05) is 39.0 Å². The Morgan fingerprint density at radius 1 is 0.223 bits per heavy atom. The molecule has 0 rings (SSSR count). The number of carbonyl (C=O) groups excluding carboxylic acids is 6. The Labute approximate surface area is 751 Å². The van der Waals surface area contributed by atoms with Crippen molar-refractivity contribution >= 4 is 35.7 Å². The highest BCUT2D eigenvalue weighted by Gasteiger charge is 2.23. The van der Waals surface area contributed by atoms with Crippen LogP contribution in [0, 0.1) is 11.8 Å². The number of unbranched alkanes of at least 4 members (excludes halogenated alkanes) is 56. The van der Waals surface area contributed by atoms with Gasteiger partial charge in [0.2, 0.25) is 11.8 Å². The van der Waals surface area contributed by atoms with Gasteiger partial charge in [-0.3, -0.25) is 28.8 Å². The first-order valence-corrected chi connectivity index (χ1v) is 54.1. The third-order valence-electron chi connectivity index (χ3n) is 25.7. The minimum Gasteiger partial charge on any atom is -0.465 e. The van der Waals surface area contributed by atoms with Crippen molar-refractivity contribution in [1.82, 2.24) is 20.4 Å². The van der Waals surface area contributed by atoms with Crippen molar-refractivity contribution in [2.75, 3.05) is 65.6 Å². The minimum atomic E-state index is -0.244. The highest BCUT2D eigenvalue weighted by atomic mass is 16.6. The molecule has 0 aromatic rings. The van der Waals surface area contributed by atoms with Crippen LogP contribution in [0.1, 0.15) is 563 Å². The molecule has 0 spiro atoms. The molecule has 0 unspecified atom stereocenters. The Kier molecular flexibility index (Phi) is 93.3. The number of esters is 4. The summed E-state index contributed by atoms with van der Waals surface area (Å²) in [6.45, 7) is 25.3. The maximum absolute atomic E-state index is 13.5. The second-order valence-electron chi connectivity index (χ2n) is 37.5. The van der Waals surface area contributed by atoms with E-state index in [-0.39, 0.29) is 66.2 Å². The Hall–Kier alpha value is -3.26. The third-order valence-corrected chi connectivity index (χ3v) is 25.7.